The summed E-state index contributed by atoms with van der Waals surface area (Å²) < 4.78 is 0.954. The van der Waals surface area contributed by atoms with Crippen molar-refractivity contribution in [1.82, 2.24) is 15.4 Å². The molecule has 2 aromatic heterocycles. The molecule has 0 bridgehead atoms. The Labute approximate surface area is 108 Å². The Morgan fingerprint density at radius 2 is 2.12 bits per heavy atom. The number of rotatable bonds is 4. The van der Waals surface area contributed by atoms with Crippen molar-refractivity contribution in [2.75, 3.05) is 0 Å². The maximum absolute atomic E-state index is 5.56. The van der Waals surface area contributed by atoms with Crippen molar-refractivity contribution in [3.8, 4) is 0 Å². The van der Waals surface area contributed by atoms with Crippen LogP contribution in [0.1, 0.15) is 17.4 Å². The SMILES string of the molecule is NNC(Cc1ccccn1)c1ccc(Br)cn1. The van der Waals surface area contributed by atoms with Gasteiger partial charge in [-0.25, -0.2) is 0 Å². The second-order valence-electron chi connectivity index (χ2n) is 3.65. The lowest BCUT2D eigenvalue weighted by Crippen LogP contribution is -2.30. The lowest BCUT2D eigenvalue weighted by Gasteiger charge is -2.14. The van der Waals surface area contributed by atoms with E-state index in [0.717, 1.165) is 15.9 Å². The van der Waals surface area contributed by atoms with E-state index in [0.29, 0.717) is 6.42 Å². The minimum Gasteiger partial charge on any atom is -0.271 e. The number of halogens is 1. The first-order valence-corrected chi connectivity index (χ1v) is 6.06. The highest BCUT2D eigenvalue weighted by Crippen LogP contribution is 2.16. The molecular formula is C12H13BrN4. The molecule has 2 aromatic rings. The molecule has 3 N–H and O–H groups in total. The lowest BCUT2D eigenvalue weighted by molar-refractivity contribution is 0.532. The Morgan fingerprint density at radius 1 is 1.24 bits per heavy atom. The van der Waals surface area contributed by atoms with E-state index >= 15 is 0 Å². The fourth-order valence-electron chi connectivity index (χ4n) is 1.57. The van der Waals surface area contributed by atoms with E-state index < -0.39 is 0 Å². The molecule has 5 heteroatoms. The third-order valence-electron chi connectivity index (χ3n) is 2.45. The number of pyridine rings is 2. The van der Waals surface area contributed by atoms with E-state index in [9.17, 15) is 0 Å². The van der Waals surface area contributed by atoms with Gasteiger partial charge in [-0.05, 0) is 40.2 Å². The summed E-state index contributed by atoms with van der Waals surface area (Å²) in [5, 5.41) is 0. The van der Waals surface area contributed by atoms with Crippen molar-refractivity contribution >= 4 is 15.9 Å². The topological polar surface area (TPSA) is 63.8 Å². The van der Waals surface area contributed by atoms with Gasteiger partial charge in [0.2, 0.25) is 0 Å². The first-order valence-electron chi connectivity index (χ1n) is 5.27. The number of hydrogen-bond donors (Lipinski definition) is 2. The van der Waals surface area contributed by atoms with Crippen LogP contribution in [0.5, 0.6) is 0 Å². The molecule has 0 aliphatic carbocycles. The van der Waals surface area contributed by atoms with Crippen LogP contribution < -0.4 is 11.3 Å². The predicted octanol–water partition coefficient (Wildman–Crippen LogP) is 1.99. The standard InChI is InChI=1S/C12H13BrN4/c13-9-4-5-11(16-8-9)12(17-14)7-10-3-1-2-6-15-10/h1-6,8,12,17H,7,14H2. The van der Waals surface area contributed by atoms with Crippen molar-refractivity contribution in [3.05, 3.63) is 58.6 Å². The van der Waals surface area contributed by atoms with Crippen LogP contribution in [0.15, 0.2) is 47.2 Å². The highest BCUT2D eigenvalue weighted by atomic mass is 79.9. The maximum Gasteiger partial charge on any atom is 0.0687 e. The Balaban J connectivity index is 2.14. The Hall–Kier alpha value is -1.30. The minimum atomic E-state index is -0.0296. The lowest BCUT2D eigenvalue weighted by atomic mass is 10.1. The molecule has 0 saturated heterocycles. The third-order valence-corrected chi connectivity index (χ3v) is 2.92. The second-order valence-corrected chi connectivity index (χ2v) is 4.56. The van der Waals surface area contributed by atoms with Gasteiger partial charge in [0.1, 0.15) is 0 Å². The monoisotopic (exact) mass is 292 g/mol. The number of hydrazine groups is 1. The van der Waals surface area contributed by atoms with Gasteiger partial charge in [-0.3, -0.25) is 21.2 Å². The van der Waals surface area contributed by atoms with E-state index in [1.54, 1.807) is 12.4 Å². The van der Waals surface area contributed by atoms with Crippen LogP contribution in [0, 0.1) is 0 Å². The van der Waals surface area contributed by atoms with Crippen LogP contribution in [0.3, 0.4) is 0 Å². The molecular weight excluding hydrogens is 280 g/mol. The first kappa shape index (κ1) is 12.2. The summed E-state index contributed by atoms with van der Waals surface area (Å²) >= 11 is 3.36. The van der Waals surface area contributed by atoms with E-state index in [1.165, 1.54) is 0 Å². The van der Waals surface area contributed by atoms with Gasteiger partial charge in [-0.1, -0.05) is 6.07 Å². The zero-order valence-electron chi connectivity index (χ0n) is 9.18. The molecule has 0 radical (unpaired) electrons. The molecule has 0 spiro atoms. The summed E-state index contributed by atoms with van der Waals surface area (Å²) in [4.78, 5) is 8.61. The van der Waals surface area contributed by atoms with Gasteiger partial charge >= 0.3 is 0 Å². The summed E-state index contributed by atoms with van der Waals surface area (Å²) in [5.41, 5.74) is 4.66. The summed E-state index contributed by atoms with van der Waals surface area (Å²) in [6.07, 6.45) is 4.25. The number of nitrogens with zero attached hydrogens (tertiary/aromatic N) is 2. The molecule has 88 valence electrons. The van der Waals surface area contributed by atoms with Gasteiger partial charge in [0.25, 0.3) is 0 Å². The maximum atomic E-state index is 5.56. The van der Waals surface area contributed by atoms with Crippen molar-refractivity contribution in [2.24, 2.45) is 5.84 Å². The van der Waals surface area contributed by atoms with Crippen molar-refractivity contribution < 1.29 is 0 Å². The number of aromatic nitrogens is 2. The zero-order chi connectivity index (χ0) is 12.1. The van der Waals surface area contributed by atoms with E-state index in [4.69, 9.17) is 5.84 Å². The Kier molecular flexibility index (Phi) is 4.19. The third kappa shape index (κ3) is 3.33. The number of nitrogens with two attached hydrogens (primary N) is 1. The van der Waals surface area contributed by atoms with E-state index in [2.05, 4.69) is 31.3 Å². The van der Waals surface area contributed by atoms with Crippen LogP contribution in [0.25, 0.3) is 0 Å². The van der Waals surface area contributed by atoms with Crippen molar-refractivity contribution in [3.63, 3.8) is 0 Å². The van der Waals surface area contributed by atoms with Gasteiger partial charge in [0.05, 0.1) is 11.7 Å². The fraction of sp³-hybridized carbons (Fsp3) is 0.167. The van der Waals surface area contributed by atoms with Crippen LogP contribution in [-0.2, 0) is 6.42 Å². The molecule has 2 heterocycles. The smallest absolute Gasteiger partial charge is 0.0687 e. The quantitative estimate of drug-likeness (QED) is 0.668. The van der Waals surface area contributed by atoms with Gasteiger partial charge < -0.3 is 0 Å². The van der Waals surface area contributed by atoms with Gasteiger partial charge in [0.15, 0.2) is 0 Å². The Morgan fingerprint density at radius 3 is 2.71 bits per heavy atom. The Bertz CT molecular complexity index is 458. The average molecular weight is 293 g/mol. The van der Waals surface area contributed by atoms with Gasteiger partial charge in [-0.15, -0.1) is 0 Å². The predicted molar refractivity (Wildman–Crippen MR) is 69.9 cm³/mol. The highest BCUT2D eigenvalue weighted by Gasteiger charge is 2.12. The molecule has 0 saturated carbocycles. The van der Waals surface area contributed by atoms with Crippen molar-refractivity contribution in [2.45, 2.75) is 12.5 Å². The minimum absolute atomic E-state index is 0.0296. The number of nitrogens with one attached hydrogen (secondary N) is 1. The first-order chi connectivity index (χ1) is 8.29. The molecule has 1 atom stereocenters. The second kappa shape index (κ2) is 5.86. The molecule has 1 unspecified atom stereocenters. The van der Waals surface area contributed by atoms with Crippen LogP contribution >= 0.6 is 15.9 Å². The zero-order valence-corrected chi connectivity index (χ0v) is 10.8. The molecule has 0 fully saturated rings. The normalized spacial score (nSPS) is 12.4. The van der Waals surface area contributed by atoms with Crippen molar-refractivity contribution in [1.29, 1.82) is 0 Å². The summed E-state index contributed by atoms with van der Waals surface area (Å²) in [6.45, 7) is 0. The highest BCUT2D eigenvalue weighted by molar-refractivity contribution is 9.10. The molecule has 4 nitrogen and oxygen atoms in total. The summed E-state index contributed by atoms with van der Waals surface area (Å²) in [5.74, 6) is 5.56. The van der Waals surface area contributed by atoms with Crippen LogP contribution in [0.4, 0.5) is 0 Å². The average Bonchev–Trinajstić information content (AvgIpc) is 2.38. The molecule has 0 aromatic carbocycles. The molecule has 0 aliphatic heterocycles. The van der Waals surface area contributed by atoms with Crippen LogP contribution in [-0.4, -0.2) is 9.97 Å². The van der Waals surface area contributed by atoms with Gasteiger partial charge in [0, 0.05) is 29.0 Å². The molecule has 17 heavy (non-hydrogen) atoms. The van der Waals surface area contributed by atoms with Gasteiger partial charge in [-0.2, -0.15) is 0 Å². The van der Waals surface area contributed by atoms with E-state index in [1.807, 2.05) is 30.3 Å². The summed E-state index contributed by atoms with van der Waals surface area (Å²) in [7, 11) is 0. The summed E-state index contributed by atoms with van der Waals surface area (Å²) in [6, 6.07) is 9.70. The largest absolute Gasteiger partial charge is 0.271 e. The van der Waals surface area contributed by atoms with E-state index in [-0.39, 0.29) is 6.04 Å². The molecule has 0 amide bonds. The molecule has 0 aliphatic rings. The van der Waals surface area contributed by atoms with Crippen LogP contribution in [0.2, 0.25) is 0 Å². The fourth-order valence-corrected chi connectivity index (χ4v) is 1.80. The number of hydrogen-bond acceptors (Lipinski definition) is 4. The molecule has 2 rings (SSSR count).